The van der Waals surface area contributed by atoms with Gasteiger partial charge in [-0.15, -0.1) is 0 Å². The molecule has 1 N–H and O–H groups in total. The second-order valence-electron chi connectivity index (χ2n) is 3.67. The Labute approximate surface area is 95.6 Å². The molecule has 0 bridgehead atoms. The summed E-state index contributed by atoms with van der Waals surface area (Å²) in [6, 6.07) is 5.25. The largest absolute Gasteiger partial charge is 0.382 e. The summed E-state index contributed by atoms with van der Waals surface area (Å²) in [5.41, 5.74) is 0.803. The van der Waals surface area contributed by atoms with Crippen LogP contribution in [0.15, 0.2) is 18.2 Å². The molecule has 1 rings (SSSR count). The highest BCUT2D eigenvalue weighted by Crippen LogP contribution is 2.20. The molecule has 1 nitrogen and oxygen atoms in total. The Balaban J connectivity index is 2.66. The average molecular weight is 230 g/mol. The van der Waals surface area contributed by atoms with Gasteiger partial charge in [-0.2, -0.15) is 0 Å². The Bertz CT molecular complexity index is 314. The van der Waals surface area contributed by atoms with Gasteiger partial charge in [0.1, 0.15) is 5.82 Å². The highest BCUT2D eigenvalue weighted by molar-refractivity contribution is 6.30. The Kier molecular flexibility index (Phi) is 4.89. The van der Waals surface area contributed by atoms with Crippen LogP contribution in [0.3, 0.4) is 0 Å². The van der Waals surface area contributed by atoms with E-state index in [4.69, 9.17) is 11.6 Å². The lowest BCUT2D eigenvalue weighted by atomic mass is 10.1. The van der Waals surface area contributed by atoms with Gasteiger partial charge in [0.15, 0.2) is 0 Å². The Morgan fingerprint density at radius 1 is 1.40 bits per heavy atom. The van der Waals surface area contributed by atoms with E-state index in [1.165, 1.54) is 6.07 Å². The summed E-state index contributed by atoms with van der Waals surface area (Å²) in [5, 5.41) is 3.47. The molecule has 0 aromatic heterocycles. The van der Waals surface area contributed by atoms with Crippen LogP contribution in [0.2, 0.25) is 5.02 Å². The van der Waals surface area contributed by atoms with Crippen molar-refractivity contribution in [2.45, 2.75) is 39.2 Å². The SMILES string of the molecule is CCCC(CC)Nc1ccc(Cl)c(F)c1. The van der Waals surface area contributed by atoms with E-state index in [1.807, 2.05) is 6.07 Å². The van der Waals surface area contributed by atoms with Crippen LogP contribution in [-0.4, -0.2) is 6.04 Å². The van der Waals surface area contributed by atoms with Crippen LogP contribution >= 0.6 is 11.6 Å². The first-order valence-electron chi connectivity index (χ1n) is 5.39. The normalized spacial score (nSPS) is 12.5. The third-order valence-corrected chi connectivity index (χ3v) is 2.73. The first kappa shape index (κ1) is 12.3. The number of nitrogens with one attached hydrogen (secondary N) is 1. The molecule has 15 heavy (non-hydrogen) atoms. The molecule has 0 radical (unpaired) electrons. The van der Waals surface area contributed by atoms with Crippen molar-refractivity contribution in [3.63, 3.8) is 0 Å². The molecule has 0 heterocycles. The summed E-state index contributed by atoms with van der Waals surface area (Å²) >= 11 is 5.61. The second kappa shape index (κ2) is 5.96. The van der Waals surface area contributed by atoms with Crippen molar-refractivity contribution in [3.05, 3.63) is 29.0 Å². The van der Waals surface area contributed by atoms with Crippen LogP contribution in [0.5, 0.6) is 0 Å². The van der Waals surface area contributed by atoms with E-state index >= 15 is 0 Å². The summed E-state index contributed by atoms with van der Waals surface area (Å²) in [7, 11) is 0. The van der Waals surface area contributed by atoms with Crippen LogP contribution in [0.25, 0.3) is 0 Å². The summed E-state index contributed by atoms with van der Waals surface area (Å²) in [6.07, 6.45) is 3.26. The standard InChI is InChI=1S/C12H17ClFN/c1-3-5-9(4-2)15-10-6-7-11(13)12(14)8-10/h6-9,15H,3-5H2,1-2H3. The molecule has 0 aliphatic heterocycles. The van der Waals surface area contributed by atoms with Crippen LogP contribution in [-0.2, 0) is 0 Å². The molecule has 1 atom stereocenters. The first-order valence-corrected chi connectivity index (χ1v) is 5.76. The predicted octanol–water partition coefficient (Wildman–Crippen LogP) is 4.47. The highest BCUT2D eigenvalue weighted by atomic mass is 35.5. The molecule has 0 aliphatic rings. The Morgan fingerprint density at radius 2 is 2.13 bits per heavy atom. The third kappa shape index (κ3) is 3.71. The van der Waals surface area contributed by atoms with Crippen molar-refractivity contribution in [3.8, 4) is 0 Å². The van der Waals surface area contributed by atoms with Gasteiger partial charge in [-0.05, 0) is 31.0 Å². The van der Waals surface area contributed by atoms with E-state index in [-0.39, 0.29) is 10.8 Å². The highest BCUT2D eigenvalue weighted by Gasteiger charge is 2.06. The lowest BCUT2D eigenvalue weighted by molar-refractivity contribution is 0.615. The molecule has 0 aliphatic carbocycles. The zero-order valence-electron chi connectivity index (χ0n) is 9.19. The molecule has 0 fully saturated rings. The maximum Gasteiger partial charge on any atom is 0.143 e. The van der Waals surface area contributed by atoms with Gasteiger partial charge in [0.05, 0.1) is 5.02 Å². The topological polar surface area (TPSA) is 12.0 Å². The first-order chi connectivity index (χ1) is 7.17. The van der Waals surface area contributed by atoms with Crippen molar-refractivity contribution < 1.29 is 4.39 Å². The molecule has 1 aromatic rings. The lowest BCUT2D eigenvalue weighted by Crippen LogP contribution is -2.17. The van der Waals surface area contributed by atoms with E-state index in [0.29, 0.717) is 6.04 Å². The van der Waals surface area contributed by atoms with E-state index in [9.17, 15) is 4.39 Å². The van der Waals surface area contributed by atoms with Gasteiger partial charge in [-0.3, -0.25) is 0 Å². The number of anilines is 1. The van der Waals surface area contributed by atoms with Crippen molar-refractivity contribution in [2.75, 3.05) is 5.32 Å². The molecular formula is C12H17ClFN. The van der Waals surface area contributed by atoms with Crippen molar-refractivity contribution in [1.82, 2.24) is 0 Å². The van der Waals surface area contributed by atoms with Gasteiger partial charge in [0, 0.05) is 11.7 Å². The van der Waals surface area contributed by atoms with Crippen molar-refractivity contribution in [1.29, 1.82) is 0 Å². The predicted molar refractivity (Wildman–Crippen MR) is 64.0 cm³/mol. The Hall–Kier alpha value is -0.760. The van der Waals surface area contributed by atoms with Crippen LogP contribution in [0, 0.1) is 5.82 Å². The van der Waals surface area contributed by atoms with Crippen LogP contribution < -0.4 is 5.32 Å². The van der Waals surface area contributed by atoms with Crippen LogP contribution in [0.1, 0.15) is 33.1 Å². The van der Waals surface area contributed by atoms with E-state index < -0.39 is 0 Å². The third-order valence-electron chi connectivity index (χ3n) is 2.42. The second-order valence-corrected chi connectivity index (χ2v) is 4.07. The quantitative estimate of drug-likeness (QED) is 0.786. The fourth-order valence-corrected chi connectivity index (χ4v) is 1.67. The molecule has 0 amide bonds. The summed E-state index contributed by atoms with van der Waals surface area (Å²) in [6.45, 7) is 4.27. The van der Waals surface area contributed by atoms with Gasteiger partial charge in [0.25, 0.3) is 0 Å². The summed E-state index contributed by atoms with van der Waals surface area (Å²) in [4.78, 5) is 0. The van der Waals surface area contributed by atoms with Gasteiger partial charge in [-0.1, -0.05) is 31.9 Å². The summed E-state index contributed by atoms with van der Waals surface area (Å²) in [5.74, 6) is -0.368. The zero-order valence-corrected chi connectivity index (χ0v) is 9.94. The minimum atomic E-state index is -0.368. The molecule has 3 heteroatoms. The summed E-state index contributed by atoms with van der Waals surface area (Å²) < 4.78 is 13.1. The Morgan fingerprint density at radius 3 is 2.67 bits per heavy atom. The number of halogens is 2. The monoisotopic (exact) mass is 229 g/mol. The van der Waals surface area contributed by atoms with Crippen molar-refractivity contribution in [2.24, 2.45) is 0 Å². The number of rotatable bonds is 5. The average Bonchev–Trinajstić information content (AvgIpc) is 2.23. The fraction of sp³-hybridized carbons (Fsp3) is 0.500. The number of hydrogen-bond donors (Lipinski definition) is 1. The minimum Gasteiger partial charge on any atom is -0.382 e. The lowest BCUT2D eigenvalue weighted by Gasteiger charge is -2.17. The smallest absolute Gasteiger partial charge is 0.143 e. The van der Waals surface area contributed by atoms with E-state index in [1.54, 1.807) is 6.07 Å². The molecule has 84 valence electrons. The molecule has 0 saturated carbocycles. The maximum absolute atomic E-state index is 13.1. The zero-order chi connectivity index (χ0) is 11.3. The number of hydrogen-bond acceptors (Lipinski definition) is 1. The molecule has 0 saturated heterocycles. The minimum absolute atomic E-state index is 0.170. The maximum atomic E-state index is 13.1. The molecule has 1 unspecified atom stereocenters. The van der Waals surface area contributed by atoms with Gasteiger partial charge < -0.3 is 5.32 Å². The molecule has 0 spiro atoms. The number of benzene rings is 1. The fourth-order valence-electron chi connectivity index (χ4n) is 1.55. The van der Waals surface area contributed by atoms with Gasteiger partial charge in [0.2, 0.25) is 0 Å². The van der Waals surface area contributed by atoms with Gasteiger partial charge >= 0.3 is 0 Å². The van der Waals surface area contributed by atoms with E-state index in [0.717, 1.165) is 24.9 Å². The van der Waals surface area contributed by atoms with Gasteiger partial charge in [-0.25, -0.2) is 4.39 Å². The molecule has 1 aromatic carbocycles. The van der Waals surface area contributed by atoms with Crippen LogP contribution in [0.4, 0.5) is 10.1 Å². The molecular weight excluding hydrogens is 213 g/mol. The van der Waals surface area contributed by atoms with E-state index in [2.05, 4.69) is 19.2 Å². The van der Waals surface area contributed by atoms with Crippen molar-refractivity contribution >= 4 is 17.3 Å².